The van der Waals surface area contributed by atoms with Crippen LogP contribution in [0.2, 0.25) is 0 Å². The average molecular weight is 302 g/mol. The van der Waals surface area contributed by atoms with E-state index in [1.165, 1.54) is 0 Å². The Morgan fingerprint density at radius 2 is 1.55 bits per heavy atom. The molecular weight excluding hydrogens is 284 g/mol. The van der Waals surface area contributed by atoms with E-state index in [4.69, 9.17) is 18.9 Å². The molecule has 0 radical (unpaired) electrons. The van der Waals surface area contributed by atoms with Gasteiger partial charge in [-0.2, -0.15) is 0 Å². The van der Waals surface area contributed by atoms with Gasteiger partial charge in [-0.15, -0.1) is 0 Å². The van der Waals surface area contributed by atoms with Crippen molar-refractivity contribution in [2.75, 3.05) is 27.4 Å². The lowest BCUT2D eigenvalue weighted by molar-refractivity contribution is 0.111. The van der Waals surface area contributed by atoms with Crippen LogP contribution in [-0.4, -0.2) is 33.7 Å². The van der Waals surface area contributed by atoms with Crippen LogP contribution in [0.5, 0.6) is 23.0 Å². The van der Waals surface area contributed by atoms with Gasteiger partial charge in [0.15, 0.2) is 17.8 Å². The Morgan fingerprint density at radius 3 is 2.18 bits per heavy atom. The van der Waals surface area contributed by atoms with Crippen LogP contribution in [0.3, 0.4) is 0 Å². The van der Waals surface area contributed by atoms with Crippen molar-refractivity contribution in [2.45, 2.75) is 0 Å². The van der Waals surface area contributed by atoms with Crippen LogP contribution in [0.1, 0.15) is 10.4 Å². The zero-order valence-corrected chi connectivity index (χ0v) is 12.6. The van der Waals surface area contributed by atoms with Crippen molar-refractivity contribution in [1.82, 2.24) is 0 Å². The van der Waals surface area contributed by atoms with Gasteiger partial charge in [0.2, 0.25) is 0 Å². The van der Waals surface area contributed by atoms with Crippen molar-refractivity contribution in [2.24, 2.45) is 0 Å². The molecule has 0 saturated heterocycles. The lowest BCUT2D eigenvalue weighted by atomic mass is 10.2. The third-order valence-corrected chi connectivity index (χ3v) is 3.02. The van der Waals surface area contributed by atoms with Crippen LogP contribution in [-0.2, 0) is 0 Å². The van der Waals surface area contributed by atoms with Gasteiger partial charge in [0.05, 0.1) is 19.8 Å². The van der Waals surface area contributed by atoms with Gasteiger partial charge in [-0.25, -0.2) is 0 Å². The summed E-state index contributed by atoms with van der Waals surface area (Å²) in [4.78, 5) is 11.0. The van der Waals surface area contributed by atoms with E-state index >= 15 is 0 Å². The lowest BCUT2D eigenvalue weighted by Gasteiger charge is -2.12. The number of carbonyl (C=O) groups is 1. The van der Waals surface area contributed by atoms with Crippen LogP contribution in [0.25, 0.3) is 0 Å². The maximum absolute atomic E-state index is 11.0. The summed E-state index contributed by atoms with van der Waals surface area (Å²) in [6, 6.07) is 12.4. The first kappa shape index (κ1) is 15.7. The molecule has 2 aromatic rings. The van der Waals surface area contributed by atoms with E-state index < -0.39 is 0 Å². The Balaban J connectivity index is 1.92. The van der Waals surface area contributed by atoms with E-state index in [-0.39, 0.29) is 0 Å². The quantitative estimate of drug-likeness (QED) is 0.554. The molecule has 0 amide bonds. The first-order chi connectivity index (χ1) is 10.8. The highest BCUT2D eigenvalue weighted by molar-refractivity contribution is 5.79. The number of ether oxygens (including phenoxy) is 4. The number of hydrogen-bond acceptors (Lipinski definition) is 5. The second-order valence-electron chi connectivity index (χ2n) is 4.37. The molecule has 0 heterocycles. The number of methoxy groups -OCH3 is 2. The van der Waals surface area contributed by atoms with Crippen molar-refractivity contribution in [3.8, 4) is 23.0 Å². The first-order valence-electron chi connectivity index (χ1n) is 6.80. The molecule has 0 aliphatic carbocycles. The van der Waals surface area contributed by atoms with Crippen molar-refractivity contribution < 1.29 is 23.7 Å². The second kappa shape index (κ2) is 7.93. The predicted octanol–water partition coefficient (Wildman–Crippen LogP) is 2.97. The molecule has 2 rings (SSSR count). The molecule has 0 fully saturated rings. The highest BCUT2D eigenvalue weighted by Crippen LogP contribution is 2.26. The average Bonchev–Trinajstić information content (AvgIpc) is 2.58. The minimum atomic E-state index is 0.298. The minimum Gasteiger partial charge on any atom is -0.497 e. The Hall–Kier alpha value is -2.69. The third-order valence-electron chi connectivity index (χ3n) is 3.02. The number of aldehydes is 1. The Morgan fingerprint density at radius 1 is 0.864 bits per heavy atom. The van der Waals surface area contributed by atoms with Crippen LogP contribution in [0.15, 0.2) is 42.5 Å². The molecule has 0 bridgehead atoms. The third kappa shape index (κ3) is 3.91. The van der Waals surface area contributed by atoms with Crippen molar-refractivity contribution in [3.63, 3.8) is 0 Å². The second-order valence-corrected chi connectivity index (χ2v) is 4.37. The van der Waals surface area contributed by atoms with Crippen LogP contribution >= 0.6 is 0 Å². The summed E-state index contributed by atoms with van der Waals surface area (Å²) in [6.07, 6.45) is 0.746. The van der Waals surface area contributed by atoms with Crippen LogP contribution in [0, 0.1) is 0 Å². The largest absolute Gasteiger partial charge is 0.497 e. The first-order valence-corrected chi connectivity index (χ1v) is 6.80. The van der Waals surface area contributed by atoms with Gasteiger partial charge in [-0.3, -0.25) is 4.79 Å². The molecule has 0 N–H and O–H groups in total. The molecule has 2 aromatic carbocycles. The van der Waals surface area contributed by atoms with Crippen molar-refractivity contribution in [1.29, 1.82) is 0 Å². The van der Waals surface area contributed by atoms with E-state index in [1.807, 2.05) is 24.3 Å². The van der Waals surface area contributed by atoms with Gasteiger partial charge in [0.1, 0.15) is 24.7 Å². The van der Waals surface area contributed by atoms with E-state index in [9.17, 15) is 4.79 Å². The highest BCUT2D eigenvalue weighted by Gasteiger charge is 2.06. The van der Waals surface area contributed by atoms with Gasteiger partial charge in [0, 0.05) is 6.07 Å². The maximum Gasteiger partial charge on any atom is 0.161 e. The van der Waals surface area contributed by atoms with Gasteiger partial charge in [-0.05, 0) is 24.3 Å². The summed E-state index contributed by atoms with van der Waals surface area (Å²) in [5.74, 6) is 2.41. The summed E-state index contributed by atoms with van der Waals surface area (Å²) >= 11 is 0. The fourth-order valence-electron chi connectivity index (χ4n) is 1.91. The fourth-order valence-corrected chi connectivity index (χ4v) is 1.91. The molecule has 22 heavy (non-hydrogen) atoms. The molecule has 116 valence electrons. The van der Waals surface area contributed by atoms with Crippen LogP contribution in [0.4, 0.5) is 0 Å². The van der Waals surface area contributed by atoms with Crippen molar-refractivity contribution in [3.05, 3.63) is 48.0 Å². The molecule has 0 unspecified atom stereocenters. The molecule has 0 aliphatic heterocycles. The molecule has 0 spiro atoms. The van der Waals surface area contributed by atoms with Gasteiger partial charge in [0.25, 0.3) is 0 Å². The number of rotatable bonds is 8. The predicted molar refractivity (Wildman–Crippen MR) is 82.4 cm³/mol. The minimum absolute atomic E-state index is 0.298. The number of hydrogen-bond donors (Lipinski definition) is 0. The Bertz CT molecular complexity index is 624. The highest BCUT2D eigenvalue weighted by atomic mass is 16.5. The van der Waals surface area contributed by atoms with E-state index in [0.29, 0.717) is 41.8 Å². The fraction of sp³-hybridized carbons (Fsp3) is 0.235. The van der Waals surface area contributed by atoms with E-state index in [1.54, 1.807) is 32.4 Å². The van der Waals surface area contributed by atoms with Gasteiger partial charge in [-0.1, -0.05) is 12.1 Å². The van der Waals surface area contributed by atoms with Gasteiger partial charge < -0.3 is 18.9 Å². The Labute approximate surface area is 129 Å². The summed E-state index contributed by atoms with van der Waals surface area (Å²) in [5.41, 5.74) is 0.470. The molecule has 0 atom stereocenters. The SMILES string of the molecule is COc1ccc(C=O)c(OCCOc2ccccc2OC)c1. The molecule has 0 saturated carbocycles. The van der Waals surface area contributed by atoms with E-state index in [2.05, 4.69) is 0 Å². The maximum atomic E-state index is 11.0. The summed E-state index contributed by atoms with van der Waals surface area (Å²) in [7, 11) is 3.15. The molecule has 5 nitrogen and oxygen atoms in total. The molecule has 0 aromatic heterocycles. The van der Waals surface area contributed by atoms with E-state index in [0.717, 1.165) is 6.29 Å². The van der Waals surface area contributed by atoms with Gasteiger partial charge >= 0.3 is 0 Å². The van der Waals surface area contributed by atoms with Crippen molar-refractivity contribution >= 4 is 6.29 Å². The molecule has 0 aliphatic rings. The number of para-hydroxylation sites is 2. The molecule has 5 heteroatoms. The number of carbonyl (C=O) groups excluding carboxylic acids is 1. The monoisotopic (exact) mass is 302 g/mol. The smallest absolute Gasteiger partial charge is 0.161 e. The standard InChI is InChI=1S/C17H18O5/c1-19-14-8-7-13(12-18)17(11-14)22-10-9-21-16-6-4-3-5-15(16)20-2/h3-8,11-12H,9-10H2,1-2H3. The summed E-state index contributed by atoms with van der Waals surface area (Å²) < 4.78 is 21.5. The topological polar surface area (TPSA) is 54.0 Å². The summed E-state index contributed by atoms with van der Waals surface area (Å²) in [6.45, 7) is 0.627. The molecular formula is C17H18O5. The zero-order valence-electron chi connectivity index (χ0n) is 12.6. The summed E-state index contributed by atoms with van der Waals surface area (Å²) in [5, 5.41) is 0. The lowest BCUT2D eigenvalue weighted by Crippen LogP contribution is -2.10. The normalized spacial score (nSPS) is 9.91. The number of benzene rings is 2. The van der Waals surface area contributed by atoms with Crippen LogP contribution < -0.4 is 18.9 Å². The zero-order chi connectivity index (χ0) is 15.8. The Kier molecular flexibility index (Phi) is 5.65.